The van der Waals surface area contributed by atoms with Crippen LogP contribution in [-0.2, 0) is 19.4 Å². The van der Waals surface area contributed by atoms with Crippen LogP contribution in [-0.4, -0.2) is 16.2 Å². The molecule has 126 valence electrons. The van der Waals surface area contributed by atoms with Gasteiger partial charge >= 0.3 is 0 Å². The number of H-pyrrole nitrogens is 1. The Morgan fingerprint density at radius 1 is 1.22 bits per heavy atom. The highest BCUT2D eigenvalue weighted by Crippen LogP contribution is 2.22. The molecule has 6 heteroatoms. The smallest absolute Gasteiger partial charge is 0.193 e. The summed E-state index contributed by atoms with van der Waals surface area (Å²) in [6.45, 7) is 8.79. The first kappa shape index (κ1) is 19.5. The van der Waals surface area contributed by atoms with E-state index >= 15 is 0 Å². The van der Waals surface area contributed by atoms with E-state index in [1.807, 2.05) is 13.8 Å². The van der Waals surface area contributed by atoms with Crippen LogP contribution in [0, 0.1) is 13.8 Å². The van der Waals surface area contributed by atoms with Crippen molar-refractivity contribution in [3.8, 4) is 0 Å². The molecule has 0 unspecified atom stereocenters. The number of para-hydroxylation sites is 1. The van der Waals surface area contributed by atoms with Crippen LogP contribution in [0.5, 0.6) is 0 Å². The Balaban J connectivity index is 0.00000264. The van der Waals surface area contributed by atoms with Gasteiger partial charge in [-0.3, -0.25) is 5.10 Å². The van der Waals surface area contributed by atoms with Crippen molar-refractivity contribution in [3.63, 3.8) is 0 Å². The third-order valence-electron chi connectivity index (χ3n) is 3.94. The first-order chi connectivity index (χ1) is 10.6. The molecule has 0 atom stereocenters. The van der Waals surface area contributed by atoms with Crippen molar-refractivity contribution in [2.75, 3.05) is 5.32 Å². The fourth-order valence-electron chi connectivity index (χ4n) is 2.54. The molecule has 23 heavy (non-hydrogen) atoms. The molecule has 0 saturated heterocycles. The molecule has 0 bridgehead atoms. The van der Waals surface area contributed by atoms with Crippen molar-refractivity contribution in [1.29, 1.82) is 0 Å². The highest BCUT2D eigenvalue weighted by molar-refractivity contribution is 14.0. The van der Waals surface area contributed by atoms with Crippen molar-refractivity contribution >= 4 is 35.6 Å². The number of aromatic amines is 1. The Morgan fingerprint density at radius 2 is 1.83 bits per heavy atom. The molecule has 1 aromatic heterocycles. The number of halogens is 1. The molecule has 1 heterocycles. The molecule has 0 saturated carbocycles. The van der Waals surface area contributed by atoms with Crippen molar-refractivity contribution in [2.24, 2.45) is 10.7 Å². The quantitative estimate of drug-likeness (QED) is 0.387. The zero-order chi connectivity index (χ0) is 16.1. The number of benzene rings is 1. The van der Waals surface area contributed by atoms with Gasteiger partial charge in [0.15, 0.2) is 5.96 Å². The Bertz CT molecular complexity index is 634. The molecule has 0 radical (unpaired) electrons. The van der Waals surface area contributed by atoms with E-state index in [4.69, 9.17) is 5.73 Å². The first-order valence-electron chi connectivity index (χ1n) is 7.74. The SMILES string of the molecule is CCc1cccc(CC)c1NC(N)=NCc1c(C)n[nH]c1C.I. The molecule has 0 aliphatic rings. The zero-order valence-corrected chi connectivity index (χ0v) is 16.6. The maximum absolute atomic E-state index is 6.08. The van der Waals surface area contributed by atoms with Gasteiger partial charge in [0, 0.05) is 16.9 Å². The van der Waals surface area contributed by atoms with Gasteiger partial charge in [0.2, 0.25) is 0 Å². The summed E-state index contributed by atoms with van der Waals surface area (Å²) >= 11 is 0. The van der Waals surface area contributed by atoms with Crippen LogP contribution >= 0.6 is 24.0 Å². The summed E-state index contributed by atoms with van der Waals surface area (Å²) in [5.74, 6) is 0.440. The largest absolute Gasteiger partial charge is 0.370 e. The number of nitrogens with one attached hydrogen (secondary N) is 2. The van der Waals surface area contributed by atoms with Gasteiger partial charge in [0.1, 0.15) is 0 Å². The van der Waals surface area contributed by atoms with Crippen LogP contribution in [0.4, 0.5) is 5.69 Å². The first-order valence-corrected chi connectivity index (χ1v) is 7.74. The minimum atomic E-state index is 0. The van der Waals surface area contributed by atoms with Crippen molar-refractivity contribution < 1.29 is 0 Å². The monoisotopic (exact) mass is 427 g/mol. The van der Waals surface area contributed by atoms with E-state index in [-0.39, 0.29) is 24.0 Å². The second kappa shape index (κ2) is 8.90. The number of hydrogen-bond acceptors (Lipinski definition) is 2. The molecule has 2 rings (SSSR count). The van der Waals surface area contributed by atoms with E-state index in [2.05, 4.69) is 52.6 Å². The number of aliphatic imine (C=N–C) groups is 1. The summed E-state index contributed by atoms with van der Waals surface area (Å²) in [6.07, 6.45) is 1.92. The number of anilines is 1. The van der Waals surface area contributed by atoms with Crippen LogP contribution in [0.1, 0.15) is 41.9 Å². The fourth-order valence-corrected chi connectivity index (χ4v) is 2.54. The lowest BCUT2D eigenvalue weighted by molar-refractivity contribution is 1.02. The van der Waals surface area contributed by atoms with Crippen LogP contribution in [0.3, 0.4) is 0 Å². The Morgan fingerprint density at radius 3 is 2.30 bits per heavy atom. The molecule has 0 fully saturated rings. The van der Waals surface area contributed by atoms with Crippen LogP contribution < -0.4 is 11.1 Å². The van der Waals surface area contributed by atoms with Gasteiger partial charge in [-0.1, -0.05) is 32.0 Å². The second-order valence-electron chi connectivity index (χ2n) is 5.40. The van der Waals surface area contributed by atoms with Gasteiger partial charge in [0.05, 0.1) is 12.2 Å². The van der Waals surface area contributed by atoms with E-state index in [1.54, 1.807) is 0 Å². The minimum absolute atomic E-state index is 0. The summed E-state index contributed by atoms with van der Waals surface area (Å²) in [6, 6.07) is 6.34. The predicted molar refractivity (Wildman–Crippen MR) is 108 cm³/mol. The molecule has 0 amide bonds. The number of nitrogens with two attached hydrogens (primary N) is 1. The highest BCUT2D eigenvalue weighted by atomic mass is 127. The standard InChI is InChI=1S/C17H25N5.HI/c1-5-13-8-7-9-14(6-2)16(13)20-17(18)19-10-15-11(3)21-22-12(15)4;/h7-9H,5-6,10H2,1-4H3,(H,21,22)(H3,18,19,20);1H. The van der Waals surface area contributed by atoms with E-state index < -0.39 is 0 Å². The maximum Gasteiger partial charge on any atom is 0.193 e. The number of aryl methyl sites for hydroxylation is 4. The average molecular weight is 427 g/mol. The number of nitrogens with zero attached hydrogens (tertiary/aromatic N) is 2. The van der Waals surface area contributed by atoms with E-state index in [0.29, 0.717) is 12.5 Å². The maximum atomic E-state index is 6.08. The van der Waals surface area contributed by atoms with Gasteiger partial charge in [-0.25, -0.2) is 4.99 Å². The number of aromatic nitrogens is 2. The van der Waals surface area contributed by atoms with E-state index in [0.717, 1.165) is 35.5 Å². The van der Waals surface area contributed by atoms with Crippen molar-refractivity contribution in [2.45, 2.75) is 47.1 Å². The van der Waals surface area contributed by atoms with Crippen molar-refractivity contribution in [1.82, 2.24) is 10.2 Å². The fraction of sp³-hybridized carbons (Fsp3) is 0.412. The summed E-state index contributed by atoms with van der Waals surface area (Å²) in [5.41, 5.74) is 12.8. The molecule has 1 aromatic carbocycles. The molecule has 0 spiro atoms. The molecule has 0 aliphatic carbocycles. The zero-order valence-electron chi connectivity index (χ0n) is 14.2. The lowest BCUT2D eigenvalue weighted by Crippen LogP contribution is -2.24. The van der Waals surface area contributed by atoms with E-state index in [9.17, 15) is 0 Å². The Labute approximate surface area is 155 Å². The molecule has 0 aliphatic heterocycles. The van der Waals surface area contributed by atoms with Gasteiger partial charge in [-0.05, 0) is 37.8 Å². The van der Waals surface area contributed by atoms with Gasteiger partial charge in [0.25, 0.3) is 0 Å². The number of guanidine groups is 1. The van der Waals surface area contributed by atoms with Gasteiger partial charge < -0.3 is 11.1 Å². The minimum Gasteiger partial charge on any atom is -0.370 e. The second-order valence-corrected chi connectivity index (χ2v) is 5.40. The van der Waals surface area contributed by atoms with E-state index in [1.165, 1.54) is 11.1 Å². The lowest BCUT2D eigenvalue weighted by atomic mass is 10.0. The van der Waals surface area contributed by atoms with Gasteiger partial charge in [-0.2, -0.15) is 5.10 Å². The Kier molecular flexibility index (Phi) is 7.54. The van der Waals surface area contributed by atoms with Gasteiger partial charge in [-0.15, -0.1) is 24.0 Å². The number of rotatable bonds is 5. The van der Waals surface area contributed by atoms with Crippen LogP contribution in [0.25, 0.3) is 0 Å². The topological polar surface area (TPSA) is 79.1 Å². The summed E-state index contributed by atoms with van der Waals surface area (Å²) in [7, 11) is 0. The summed E-state index contributed by atoms with van der Waals surface area (Å²) < 4.78 is 0. The highest BCUT2D eigenvalue weighted by Gasteiger charge is 2.08. The predicted octanol–water partition coefficient (Wildman–Crippen LogP) is 3.70. The third-order valence-corrected chi connectivity index (χ3v) is 3.94. The van der Waals surface area contributed by atoms with Crippen molar-refractivity contribution in [3.05, 3.63) is 46.3 Å². The average Bonchev–Trinajstić information content (AvgIpc) is 2.84. The molecular weight excluding hydrogens is 401 g/mol. The van der Waals surface area contributed by atoms with Crippen LogP contribution in [0.2, 0.25) is 0 Å². The summed E-state index contributed by atoms with van der Waals surface area (Å²) in [5, 5.41) is 10.4. The normalized spacial score (nSPS) is 11.2. The van der Waals surface area contributed by atoms with Crippen LogP contribution in [0.15, 0.2) is 23.2 Å². The third kappa shape index (κ3) is 4.70. The molecular formula is C17H26IN5. The Hall–Kier alpha value is -1.57. The molecule has 2 aromatic rings. The molecule has 4 N–H and O–H groups in total. The lowest BCUT2D eigenvalue weighted by Gasteiger charge is -2.14. The number of hydrogen-bond donors (Lipinski definition) is 3. The summed E-state index contributed by atoms with van der Waals surface area (Å²) in [4.78, 5) is 4.46. The molecule has 5 nitrogen and oxygen atoms in total.